The van der Waals surface area contributed by atoms with Gasteiger partial charge in [0.15, 0.2) is 0 Å². The van der Waals surface area contributed by atoms with Crippen molar-refractivity contribution in [1.29, 1.82) is 0 Å². The number of hydrogen-bond acceptors (Lipinski definition) is 12. The SMILES string of the molecule is CS(=O)(=O)N(c1ccc2c(c1)S(=O)(=O)C=C(C1=C(O)C3C4C=CC(C4)C3N(Cc3ccc(F)cc3)C1=O)N2)c1ccc2c(c1)S(=O)(=O)C=C(C1=C(O)C3C4C=CC(C4)C3N(Cc3ccc(F)cc3)C1=O)N2. The van der Waals surface area contributed by atoms with E-state index < -0.39 is 77.1 Å². The van der Waals surface area contributed by atoms with Crippen molar-refractivity contribution in [2.45, 2.75) is 47.8 Å². The zero-order valence-corrected chi connectivity index (χ0v) is 39.9. The summed E-state index contributed by atoms with van der Waals surface area (Å²) >= 11 is 0. The lowest BCUT2D eigenvalue weighted by Gasteiger charge is -2.43. The van der Waals surface area contributed by atoms with Crippen LogP contribution in [0.15, 0.2) is 164 Å². The molecule has 8 atom stereocenters. The topological polar surface area (TPSA) is 211 Å². The van der Waals surface area contributed by atoms with Gasteiger partial charge in [0.1, 0.15) is 34.3 Å². The predicted octanol–water partition coefficient (Wildman–Crippen LogP) is 7.23. The molecule has 71 heavy (non-hydrogen) atoms. The monoisotopic (exact) mass is 1020 g/mol. The molecule has 4 aliphatic carbocycles. The van der Waals surface area contributed by atoms with Gasteiger partial charge in [-0.2, -0.15) is 0 Å². The van der Waals surface area contributed by atoms with Crippen molar-refractivity contribution >= 4 is 64.3 Å². The molecule has 2 saturated carbocycles. The molecule has 15 nitrogen and oxygen atoms in total. The third-order valence-electron chi connectivity index (χ3n) is 15.1. The number of benzene rings is 4. The molecule has 0 aromatic heterocycles. The van der Waals surface area contributed by atoms with Gasteiger partial charge in [-0.3, -0.25) is 9.59 Å². The highest BCUT2D eigenvalue weighted by atomic mass is 32.2. The maximum atomic E-state index is 14.4. The molecule has 0 saturated heterocycles. The highest BCUT2D eigenvalue weighted by Crippen LogP contribution is 2.55. The fourth-order valence-corrected chi connectivity index (χ4v) is 15.9. The number of fused-ring (bicyclic) bond motifs is 12. The van der Waals surface area contributed by atoms with E-state index in [0.717, 1.165) is 33.5 Å². The summed E-state index contributed by atoms with van der Waals surface area (Å²) in [6.07, 6.45) is 10.2. The van der Waals surface area contributed by atoms with Gasteiger partial charge in [-0.1, -0.05) is 48.6 Å². The van der Waals surface area contributed by atoms with Gasteiger partial charge in [0.25, 0.3) is 11.8 Å². The first-order valence-electron chi connectivity index (χ1n) is 22.9. The normalized spacial score (nSPS) is 28.2. The van der Waals surface area contributed by atoms with Crippen LogP contribution in [-0.2, 0) is 52.4 Å². The molecular weight excluding hydrogens is 977 g/mol. The van der Waals surface area contributed by atoms with E-state index in [1.165, 1.54) is 48.5 Å². The Morgan fingerprint density at radius 2 is 0.986 bits per heavy atom. The van der Waals surface area contributed by atoms with Crippen molar-refractivity contribution in [1.82, 2.24) is 9.80 Å². The van der Waals surface area contributed by atoms with Gasteiger partial charge >= 0.3 is 0 Å². The molecule has 364 valence electrons. The number of rotatable bonds is 9. The molecule has 4 aromatic carbocycles. The molecule has 4 N–H and O–H groups in total. The summed E-state index contributed by atoms with van der Waals surface area (Å²) in [6, 6.07) is 18.0. The summed E-state index contributed by atoms with van der Waals surface area (Å²) in [5.41, 5.74) is 0.0212. The molecule has 0 radical (unpaired) electrons. The zero-order valence-electron chi connectivity index (χ0n) is 37.5. The van der Waals surface area contributed by atoms with Gasteiger partial charge in [-0.25, -0.2) is 38.3 Å². The number of anilines is 4. The maximum absolute atomic E-state index is 14.4. The molecule has 12 rings (SSSR count). The number of aliphatic hydroxyl groups excluding tert-OH is 2. The van der Waals surface area contributed by atoms with Gasteiger partial charge in [0.2, 0.25) is 29.7 Å². The summed E-state index contributed by atoms with van der Waals surface area (Å²) in [7, 11) is -13.3. The molecule has 2 fully saturated rings. The van der Waals surface area contributed by atoms with E-state index in [0.29, 0.717) is 24.0 Å². The molecular formula is C51H43F2N5O10S3. The average Bonchev–Trinajstić information content (AvgIpc) is 4.14. The van der Waals surface area contributed by atoms with E-state index in [2.05, 4.69) is 10.6 Å². The third kappa shape index (κ3) is 7.15. The Labute approximate surface area is 407 Å². The summed E-state index contributed by atoms with van der Waals surface area (Å²) in [6.45, 7) is 0.152. The van der Waals surface area contributed by atoms with Crippen molar-refractivity contribution in [3.05, 3.63) is 177 Å². The molecule has 0 spiro atoms. The van der Waals surface area contributed by atoms with Crippen LogP contribution in [0.4, 0.5) is 31.5 Å². The second kappa shape index (κ2) is 15.7. The smallest absolute Gasteiger partial charge is 0.260 e. The Morgan fingerprint density at radius 1 is 0.606 bits per heavy atom. The maximum Gasteiger partial charge on any atom is 0.260 e. The van der Waals surface area contributed by atoms with Crippen molar-refractivity contribution in [3.8, 4) is 0 Å². The summed E-state index contributed by atoms with van der Waals surface area (Å²) in [5.74, 6) is -4.02. The number of aliphatic hydroxyl groups is 2. The average molecular weight is 1020 g/mol. The Bertz CT molecular complexity index is 3390. The van der Waals surface area contributed by atoms with Gasteiger partial charge in [-0.15, -0.1) is 0 Å². The number of nitrogens with zero attached hydrogens (tertiary/aromatic N) is 3. The fourth-order valence-electron chi connectivity index (χ4n) is 12.2. The molecule has 4 aromatic rings. The van der Waals surface area contributed by atoms with Crippen LogP contribution in [0.5, 0.6) is 0 Å². The first kappa shape index (κ1) is 45.1. The third-order valence-corrected chi connectivity index (χ3v) is 19.2. The number of carbonyl (C=O) groups is 2. The number of halogens is 2. The molecule has 4 heterocycles. The van der Waals surface area contributed by atoms with E-state index in [4.69, 9.17) is 0 Å². The minimum atomic E-state index is -4.48. The highest BCUT2D eigenvalue weighted by Gasteiger charge is 2.57. The minimum absolute atomic E-state index is 0.0263. The lowest BCUT2D eigenvalue weighted by Crippen LogP contribution is -2.52. The predicted molar refractivity (Wildman–Crippen MR) is 257 cm³/mol. The highest BCUT2D eigenvalue weighted by molar-refractivity contribution is 7.95. The Kier molecular flexibility index (Phi) is 10.0. The van der Waals surface area contributed by atoms with E-state index in [9.17, 15) is 53.8 Å². The number of allylic oxidation sites excluding steroid dienone is 2. The quantitative estimate of drug-likeness (QED) is 0.122. The number of hydrogen-bond donors (Lipinski definition) is 4. The van der Waals surface area contributed by atoms with Crippen molar-refractivity contribution in [3.63, 3.8) is 0 Å². The van der Waals surface area contributed by atoms with Crippen molar-refractivity contribution in [2.24, 2.45) is 35.5 Å². The second-order valence-electron chi connectivity index (χ2n) is 19.4. The molecule has 2 amide bonds. The van der Waals surface area contributed by atoms with Crippen LogP contribution < -0.4 is 14.9 Å². The molecule has 20 heteroatoms. The van der Waals surface area contributed by atoms with Crippen molar-refractivity contribution < 1.29 is 53.8 Å². The number of carbonyl (C=O) groups excluding carboxylic acids is 2. The molecule has 4 aliphatic heterocycles. The Balaban J connectivity index is 0.859. The van der Waals surface area contributed by atoms with Gasteiger partial charge in [-0.05, 0) is 108 Å². The largest absolute Gasteiger partial charge is 0.511 e. The number of sulfonamides is 1. The van der Waals surface area contributed by atoms with Gasteiger partial charge in [0, 0.05) is 37.0 Å². The molecule has 8 unspecified atom stereocenters. The minimum Gasteiger partial charge on any atom is -0.511 e. The molecule has 8 aliphatic rings. The second-order valence-corrected chi connectivity index (χ2v) is 24.7. The van der Waals surface area contributed by atoms with Crippen LogP contribution in [-0.4, -0.2) is 75.4 Å². The number of amides is 2. The van der Waals surface area contributed by atoms with Crippen LogP contribution in [0, 0.1) is 47.1 Å². The standard InChI is InChI=1S/C51H43F2N5O10S3/c1-69(63,64)58(34-14-16-36-40(20-34)70(65,66)24-38(54-36)44-48(59)42-28-6-8-30(18-28)46(42)56(50(44)61)22-26-2-10-32(52)11-3-26)35-15-17-37-41(21-35)71(67,68)25-39(55-37)45-49(60)43-29-7-9-31(19-29)47(43)57(51(45)62)23-27-4-12-33(53)13-5-27/h2-17,20-21,24-25,28-31,42-43,46-47,54-55,59-60H,18-19,22-23H2,1H3. The molecule has 4 bridgehead atoms. The van der Waals surface area contributed by atoms with Gasteiger partial charge in [0.05, 0.1) is 61.0 Å². The lowest BCUT2D eigenvalue weighted by atomic mass is 9.80. The summed E-state index contributed by atoms with van der Waals surface area (Å²) in [5, 5.41) is 31.2. The lowest BCUT2D eigenvalue weighted by molar-refractivity contribution is -0.134. The van der Waals surface area contributed by atoms with Crippen LogP contribution in [0.1, 0.15) is 24.0 Å². The van der Waals surface area contributed by atoms with Crippen LogP contribution in [0.25, 0.3) is 0 Å². The number of sulfone groups is 2. The van der Waals surface area contributed by atoms with Crippen molar-refractivity contribution in [2.75, 3.05) is 21.2 Å². The Morgan fingerprint density at radius 3 is 1.37 bits per heavy atom. The van der Waals surface area contributed by atoms with Crippen LogP contribution in [0.2, 0.25) is 0 Å². The zero-order chi connectivity index (χ0) is 49.6. The van der Waals surface area contributed by atoms with E-state index in [-0.39, 0.29) is 103 Å². The number of nitrogens with one attached hydrogen (secondary N) is 2. The summed E-state index contributed by atoms with van der Waals surface area (Å²) in [4.78, 5) is 31.4. The Hall–Kier alpha value is -7.03. The van der Waals surface area contributed by atoms with Crippen LogP contribution >= 0.6 is 0 Å². The van der Waals surface area contributed by atoms with E-state index >= 15 is 0 Å². The van der Waals surface area contributed by atoms with Crippen LogP contribution in [0.3, 0.4) is 0 Å². The van der Waals surface area contributed by atoms with Gasteiger partial charge < -0.3 is 30.6 Å². The first-order valence-corrected chi connectivity index (χ1v) is 27.8. The van der Waals surface area contributed by atoms with E-state index in [1.807, 2.05) is 24.3 Å². The summed E-state index contributed by atoms with van der Waals surface area (Å²) < 4.78 is 113. The van der Waals surface area contributed by atoms with E-state index in [1.54, 1.807) is 34.1 Å². The fraction of sp³-hybridized carbons (Fsp3) is 0.255. The first-order chi connectivity index (χ1) is 33.8.